The van der Waals surface area contributed by atoms with Gasteiger partial charge in [0.1, 0.15) is 17.7 Å². The number of rotatable bonds is 6. The Hall–Kier alpha value is -3.34. The molecule has 141 valence electrons. The quantitative estimate of drug-likeness (QED) is 0.492. The molecule has 0 unspecified atom stereocenters. The molecule has 0 aliphatic carbocycles. The molecule has 0 amide bonds. The molecule has 0 atom stereocenters. The number of anilines is 1. The highest BCUT2D eigenvalue weighted by Crippen LogP contribution is 2.25. The normalized spacial score (nSPS) is 11.0. The topological polar surface area (TPSA) is 51.4 Å². The summed E-state index contributed by atoms with van der Waals surface area (Å²) in [5.74, 6) is 2.19. The monoisotopic (exact) mass is 372 g/mol. The number of hydrogen-bond acceptors (Lipinski definition) is 5. The van der Waals surface area contributed by atoms with Crippen LogP contribution in [0.2, 0.25) is 0 Å². The number of aryl methyl sites for hydroxylation is 1. The van der Waals surface area contributed by atoms with Gasteiger partial charge in [-0.15, -0.1) is 0 Å². The maximum atomic E-state index is 5.87. The van der Waals surface area contributed by atoms with Crippen LogP contribution in [0.3, 0.4) is 0 Å². The number of fused-ring (bicyclic) bond motifs is 1. The van der Waals surface area contributed by atoms with Crippen molar-refractivity contribution in [1.82, 2.24) is 9.97 Å². The molecule has 0 aliphatic rings. The first kappa shape index (κ1) is 18.0. The van der Waals surface area contributed by atoms with Crippen molar-refractivity contribution < 1.29 is 9.15 Å². The average Bonchev–Trinajstić information content (AvgIpc) is 3.12. The molecule has 0 N–H and O–H groups in total. The third-order valence-corrected chi connectivity index (χ3v) is 4.84. The van der Waals surface area contributed by atoms with Crippen molar-refractivity contribution in [3.8, 4) is 17.2 Å². The number of hydrogen-bond donors (Lipinski definition) is 0. The minimum atomic E-state index is 0.638. The lowest BCUT2D eigenvalue weighted by atomic mass is 10.1. The van der Waals surface area contributed by atoms with Crippen molar-refractivity contribution in [2.24, 2.45) is 0 Å². The van der Waals surface area contributed by atoms with Crippen molar-refractivity contribution >= 4 is 16.6 Å². The smallest absolute Gasteiger partial charge is 0.226 e. The van der Waals surface area contributed by atoms with E-state index in [9.17, 15) is 0 Å². The molecule has 5 heteroatoms. The fourth-order valence-electron chi connectivity index (χ4n) is 3.16. The molecule has 28 heavy (non-hydrogen) atoms. The van der Waals surface area contributed by atoms with E-state index in [4.69, 9.17) is 14.1 Å². The highest BCUT2D eigenvalue weighted by Gasteiger charge is 2.12. The van der Waals surface area contributed by atoms with Gasteiger partial charge in [0.25, 0.3) is 0 Å². The van der Waals surface area contributed by atoms with Gasteiger partial charge in [-0.05, 0) is 43.3 Å². The molecular weight excluding hydrogens is 350 g/mol. The molecule has 5 nitrogen and oxygen atoms in total. The summed E-state index contributed by atoms with van der Waals surface area (Å²) >= 11 is 0. The minimum Gasteiger partial charge on any atom is -0.494 e. The zero-order chi connectivity index (χ0) is 19.5. The Bertz CT molecular complexity index is 1090. The Morgan fingerprint density at radius 1 is 1.11 bits per heavy atom. The van der Waals surface area contributed by atoms with Gasteiger partial charge in [0, 0.05) is 36.7 Å². The van der Waals surface area contributed by atoms with Crippen LogP contribution >= 0.6 is 0 Å². The van der Waals surface area contributed by atoms with Crippen molar-refractivity contribution in [2.45, 2.75) is 13.3 Å². The highest BCUT2D eigenvalue weighted by atomic mass is 16.5. The summed E-state index contributed by atoms with van der Waals surface area (Å²) in [6, 6.07) is 18.1. The van der Waals surface area contributed by atoms with Crippen LogP contribution in [0.4, 0.5) is 5.69 Å². The van der Waals surface area contributed by atoms with E-state index >= 15 is 0 Å². The second-order valence-corrected chi connectivity index (χ2v) is 6.74. The highest BCUT2D eigenvalue weighted by molar-refractivity contribution is 5.83. The van der Waals surface area contributed by atoms with Crippen molar-refractivity contribution in [2.75, 3.05) is 25.6 Å². The van der Waals surface area contributed by atoms with E-state index in [1.807, 2.05) is 49.4 Å². The molecule has 0 saturated carbocycles. The van der Waals surface area contributed by atoms with Gasteiger partial charge < -0.3 is 14.1 Å². The van der Waals surface area contributed by atoms with Crippen molar-refractivity contribution in [3.63, 3.8) is 0 Å². The van der Waals surface area contributed by atoms with E-state index in [2.05, 4.69) is 35.3 Å². The zero-order valence-electron chi connectivity index (χ0n) is 16.3. The number of aromatic nitrogens is 2. The molecule has 2 aromatic heterocycles. The fourth-order valence-corrected chi connectivity index (χ4v) is 3.16. The van der Waals surface area contributed by atoms with E-state index in [0.717, 1.165) is 46.6 Å². The maximum absolute atomic E-state index is 5.87. The van der Waals surface area contributed by atoms with Gasteiger partial charge in [0.05, 0.1) is 18.3 Å². The van der Waals surface area contributed by atoms with Gasteiger partial charge in [-0.2, -0.15) is 0 Å². The number of pyridine rings is 1. The summed E-state index contributed by atoms with van der Waals surface area (Å²) in [7, 11) is 3.70. The molecule has 2 heterocycles. The standard InChI is InChI=1S/C23H22N3O2/c1-16-21(25-23(28-16)17-7-5-4-6-8-17)11-12-26(2)19-9-10-22-18(13-19)14-20(27-3)15-24-22/h4-10,13-14H,11-12H2,1-3H3. The first-order valence-electron chi connectivity index (χ1n) is 9.23. The third kappa shape index (κ3) is 3.69. The number of benzene rings is 2. The predicted octanol–water partition coefficient (Wildman–Crippen LogP) is 4.69. The summed E-state index contributed by atoms with van der Waals surface area (Å²) in [5, 5.41) is 1.03. The number of likely N-dealkylation sites (N-methyl/N-ethyl adjacent to an activating group) is 1. The van der Waals surface area contributed by atoms with Gasteiger partial charge in [0.15, 0.2) is 0 Å². The minimum absolute atomic E-state index is 0.638. The molecule has 0 bridgehead atoms. The number of ether oxygens (including phenoxy) is 1. The van der Waals surface area contributed by atoms with Crippen LogP contribution in [-0.2, 0) is 6.42 Å². The first-order chi connectivity index (χ1) is 13.6. The average molecular weight is 372 g/mol. The van der Waals surface area contributed by atoms with Gasteiger partial charge in [-0.25, -0.2) is 9.97 Å². The van der Waals surface area contributed by atoms with E-state index in [0.29, 0.717) is 11.6 Å². The summed E-state index contributed by atoms with van der Waals surface area (Å²) in [4.78, 5) is 11.2. The number of methoxy groups -OCH3 is 1. The van der Waals surface area contributed by atoms with E-state index in [1.54, 1.807) is 7.11 Å². The van der Waals surface area contributed by atoms with Crippen LogP contribution in [0, 0.1) is 13.1 Å². The summed E-state index contributed by atoms with van der Waals surface area (Å²) in [6.45, 7) is 2.80. The second-order valence-electron chi connectivity index (χ2n) is 6.74. The molecular formula is C23H22N3O2. The van der Waals surface area contributed by atoms with Crippen LogP contribution < -0.4 is 9.64 Å². The Labute approximate surface area is 164 Å². The van der Waals surface area contributed by atoms with Crippen LogP contribution in [0.25, 0.3) is 22.4 Å². The maximum Gasteiger partial charge on any atom is 0.226 e. The van der Waals surface area contributed by atoms with Crippen LogP contribution in [0.15, 0.2) is 59.0 Å². The van der Waals surface area contributed by atoms with E-state index < -0.39 is 0 Å². The largest absolute Gasteiger partial charge is 0.494 e. The van der Waals surface area contributed by atoms with E-state index in [-0.39, 0.29) is 0 Å². The molecule has 2 aromatic carbocycles. The Balaban J connectivity index is 1.49. The lowest BCUT2D eigenvalue weighted by Crippen LogP contribution is -2.20. The molecule has 0 fully saturated rings. The molecule has 4 rings (SSSR count). The fraction of sp³-hybridized carbons (Fsp3) is 0.217. The second kappa shape index (κ2) is 7.72. The summed E-state index contributed by atoms with van der Waals surface area (Å²) in [5.41, 5.74) is 4.01. The zero-order valence-corrected chi connectivity index (χ0v) is 16.3. The molecule has 0 aliphatic heterocycles. The van der Waals surface area contributed by atoms with Gasteiger partial charge in [-0.3, -0.25) is 0 Å². The van der Waals surface area contributed by atoms with Gasteiger partial charge in [0.2, 0.25) is 5.89 Å². The third-order valence-electron chi connectivity index (χ3n) is 4.84. The van der Waals surface area contributed by atoms with E-state index in [1.165, 1.54) is 0 Å². The Kier molecular flexibility index (Phi) is 4.98. The SMILES string of the molecule is COc1[c]nc2ccc(N(C)CCc3nc(-c4ccccc4)oc3C)cc2c1. The van der Waals surface area contributed by atoms with Crippen molar-refractivity contribution in [3.05, 3.63) is 72.2 Å². The lowest BCUT2D eigenvalue weighted by Gasteiger charge is -2.19. The first-order valence-corrected chi connectivity index (χ1v) is 9.23. The predicted molar refractivity (Wildman–Crippen MR) is 111 cm³/mol. The van der Waals surface area contributed by atoms with Crippen LogP contribution in [-0.4, -0.2) is 30.7 Å². The van der Waals surface area contributed by atoms with Crippen LogP contribution in [0.1, 0.15) is 11.5 Å². The number of oxazole rings is 1. The van der Waals surface area contributed by atoms with Gasteiger partial charge in [-0.1, -0.05) is 18.2 Å². The molecule has 0 spiro atoms. The number of nitrogens with zero attached hydrogens (tertiary/aromatic N) is 3. The molecule has 1 radical (unpaired) electrons. The molecule has 4 aromatic rings. The van der Waals surface area contributed by atoms with Crippen LogP contribution in [0.5, 0.6) is 5.75 Å². The lowest BCUT2D eigenvalue weighted by molar-refractivity contribution is 0.412. The summed E-state index contributed by atoms with van der Waals surface area (Å²) in [6.07, 6.45) is 3.68. The molecule has 0 saturated heterocycles. The Morgan fingerprint density at radius 2 is 1.93 bits per heavy atom. The summed E-state index contributed by atoms with van der Waals surface area (Å²) < 4.78 is 11.1. The van der Waals surface area contributed by atoms with Crippen molar-refractivity contribution in [1.29, 1.82) is 0 Å². The van der Waals surface area contributed by atoms with Gasteiger partial charge >= 0.3 is 0 Å². The Morgan fingerprint density at radius 3 is 2.71 bits per heavy atom.